The summed E-state index contributed by atoms with van der Waals surface area (Å²) in [5.41, 5.74) is 7.73. The molecule has 2 N–H and O–H groups in total. The van der Waals surface area contributed by atoms with Crippen LogP contribution < -0.4 is 5.73 Å². The van der Waals surface area contributed by atoms with E-state index in [0.29, 0.717) is 0 Å². The van der Waals surface area contributed by atoms with Crippen LogP contribution in [0.3, 0.4) is 0 Å². The van der Waals surface area contributed by atoms with Crippen molar-refractivity contribution in [2.75, 3.05) is 26.3 Å². The second-order valence-corrected chi connectivity index (χ2v) is 5.56. The van der Waals surface area contributed by atoms with Crippen LogP contribution in [0.4, 0.5) is 0 Å². The lowest BCUT2D eigenvalue weighted by atomic mass is 9.83. The van der Waals surface area contributed by atoms with Crippen LogP contribution in [0.25, 0.3) is 0 Å². The Bertz CT molecular complexity index is 399. The van der Waals surface area contributed by atoms with Gasteiger partial charge in [-0.2, -0.15) is 0 Å². The highest BCUT2D eigenvalue weighted by Crippen LogP contribution is 2.43. The molecule has 3 rings (SSSR count). The van der Waals surface area contributed by atoms with Gasteiger partial charge in [0.1, 0.15) is 6.33 Å². The first-order valence-corrected chi connectivity index (χ1v) is 7.16. The van der Waals surface area contributed by atoms with Gasteiger partial charge >= 0.3 is 0 Å². The molecule has 1 aromatic heterocycles. The van der Waals surface area contributed by atoms with E-state index in [4.69, 9.17) is 10.5 Å². The van der Waals surface area contributed by atoms with E-state index in [-0.39, 0.29) is 11.6 Å². The van der Waals surface area contributed by atoms with E-state index in [1.807, 2.05) is 12.4 Å². The van der Waals surface area contributed by atoms with Crippen LogP contribution in [-0.2, 0) is 4.74 Å². The molecule has 2 heterocycles. The van der Waals surface area contributed by atoms with Crippen LogP contribution in [0.5, 0.6) is 0 Å². The van der Waals surface area contributed by atoms with Gasteiger partial charge in [-0.3, -0.25) is 4.90 Å². The van der Waals surface area contributed by atoms with Crippen molar-refractivity contribution < 1.29 is 4.74 Å². The molecule has 1 aliphatic carbocycles. The average Bonchev–Trinajstić information content (AvgIpc) is 2.99. The second kappa shape index (κ2) is 5.53. The van der Waals surface area contributed by atoms with Gasteiger partial charge in [0, 0.05) is 36.6 Å². The van der Waals surface area contributed by atoms with Gasteiger partial charge < -0.3 is 10.5 Å². The Hall–Kier alpha value is -1.04. The van der Waals surface area contributed by atoms with E-state index >= 15 is 0 Å². The van der Waals surface area contributed by atoms with Crippen molar-refractivity contribution in [2.24, 2.45) is 5.73 Å². The van der Waals surface area contributed by atoms with E-state index in [1.165, 1.54) is 25.7 Å². The van der Waals surface area contributed by atoms with Crippen molar-refractivity contribution in [1.29, 1.82) is 0 Å². The van der Waals surface area contributed by atoms with Crippen LogP contribution >= 0.6 is 0 Å². The largest absolute Gasteiger partial charge is 0.379 e. The topological polar surface area (TPSA) is 64.3 Å². The maximum Gasteiger partial charge on any atom is 0.115 e. The molecule has 0 spiro atoms. The lowest BCUT2D eigenvalue weighted by Crippen LogP contribution is -2.57. The predicted molar refractivity (Wildman–Crippen MR) is 72.6 cm³/mol. The Kier molecular flexibility index (Phi) is 3.77. The lowest BCUT2D eigenvalue weighted by Gasteiger charge is -2.47. The molecule has 1 aliphatic heterocycles. The highest BCUT2D eigenvalue weighted by atomic mass is 16.5. The quantitative estimate of drug-likeness (QED) is 0.884. The second-order valence-electron chi connectivity index (χ2n) is 5.56. The fourth-order valence-corrected chi connectivity index (χ4v) is 3.60. The molecule has 5 nitrogen and oxygen atoms in total. The predicted octanol–water partition coefficient (Wildman–Crippen LogP) is 1.12. The average molecular weight is 262 g/mol. The minimum absolute atomic E-state index is 0.00528. The SMILES string of the molecule is NC(c1cncnc1)C1(N2CCOCC2)CCCC1. The molecule has 1 unspecified atom stereocenters. The lowest BCUT2D eigenvalue weighted by molar-refractivity contribution is -0.0312. The summed E-state index contributed by atoms with van der Waals surface area (Å²) in [6.07, 6.45) is 10.1. The number of rotatable bonds is 3. The summed E-state index contributed by atoms with van der Waals surface area (Å²) in [6.45, 7) is 3.61. The van der Waals surface area contributed by atoms with Gasteiger partial charge in [-0.25, -0.2) is 9.97 Å². The van der Waals surface area contributed by atoms with Crippen LogP contribution in [0, 0.1) is 0 Å². The van der Waals surface area contributed by atoms with Crippen molar-refractivity contribution in [2.45, 2.75) is 37.3 Å². The number of nitrogens with zero attached hydrogens (tertiary/aromatic N) is 3. The number of hydrogen-bond acceptors (Lipinski definition) is 5. The summed E-state index contributed by atoms with van der Waals surface area (Å²) < 4.78 is 5.48. The Morgan fingerprint density at radius 1 is 1.16 bits per heavy atom. The third-order valence-electron chi connectivity index (χ3n) is 4.63. The Morgan fingerprint density at radius 3 is 2.42 bits per heavy atom. The summed E-state index contributed by atoms with van der Waals surface area (Å²) in [4.78, 5) is 10.8. The van der Waals surface area contributed by atoms with Gasteiger partial charge in [-0.1, -0.05) is 12.8 Å². The molecule has 19 heavy (non-hydrogen) atoms. The Morgan fingerprint density at radius 2 is 1.79 bits per heavy atom. The third kappa shape index (κ3) is 2.38. The monoisotopic (exact) mass is 262 g/mol. The molecule has 5 heteroatoms. The van der Waals surface area contributed by atoms with E-state index < -0.39 is 0 Å². The molecule has 1 saturated heterocycles. The molecule has 2 aliphatic rings. The molecule has 104 valence electrons. The summed E-state index contributed by atoms with van der Waals surface area (Å²) in [5, 5.41) is 0. The summed E-state index contributed by atoms with van der Waals surface area (Å²) in [5.74, 6) is 0. The van der Waals surface area contributed by atoms with Crippen molar-refractivity contribution in [3.63, 3.8) is 0 Å². The summed E-state index contributed by atoms with van der Waals surface area (Å²) in [6, 6.07) is -0.00528. The van der Waals surface area contributed by atoms with Crippen molar-refractivity contribution in [3.05, 3.63) is 24.3 Å². The van der Waals surface area contributed by atoms with Crippen LogP contribution in [0.2, 0.25) is 0 Å². The smallest absolute Gasteiger partial charge is 0.115 e. The van der Waals surface area contributed by atoms with Gasteiger partial charge in [0.25, 0.3) is 0 Å². The minimum atomic E-state index is -0.00528. The maximum atomic E-state index is 6.60. The van der Waals surface area contributed by atoms with Gasteiger partial charge in [0.2, 0.25) is 0 Å². The van der Waals surface area contributed by atoms with Crippen molar-refractivity contribution >= 4 is 0 Å². The zero-order valence-electron chi connectivity index (χ0n) is 11.3. The normalized spacial score (nSPS) is 25.3. The molecule has 1 saturated carbocycles. The van der Waals surface area contributed by atoms with Crippen LogP contribution in [-0.4, -0.2) is 46.7 Å². The molecular weight excluding hydrogens is 240 g/mol. The third-order valence-corrected chi connectivity index (χ3v) is 4.63. The summed E-state index contributed by atoms with van der Waals surface area (Å²) >= 11 is 0. The van der Waals surface area contributed by atoms with E-state index in [1.54, 1.807) is 6.33 Å². The number of morpholine rings is 1. The fourth-order valence-electron chi connectivity index (χ4n) is 3.60. The fraction of sp³-hybridized carbons (Fsp3) is 0.714. The number of hydrogen-bond donors (Lipinski definition) is 1. The number of ether oxygens (including phenoxy) is 1. The van der Waals surface area contributed by atoms with E-state index in [9.17, 15) is 0 Å². The highest BCUT2D eigenvalue weighted by Gasteiger charge is 2.45. The highest BCUT2D eigenvalue weighted by molar-refractivity contribution is 5.18. The zero-order valence-corrected chi connectivity index (χ0v) is 11.3. The molecule has 1 atom stereocenters. The molecule has 0 amide bonds. The maximum absolute atomic E-state index is 6.60. The molecule has 1 aromatic rings. The first kappa shape index (κ1) is 13.0. The van der Waals surface area contributed by atoms with E-state index in [0.717, 1.165) is 31.9 Å². The summed E-state index contributed by atoms with van der Waals surface area (Å²) in [7, 11) is 0. The van der Waals surface area contributed by atoms with Gasteiger partial charge in [-0.05, 0) is 12.8 Å². The Balaban J connectivity index is 1.87. The minimum Gasteiger partial charge on any atom is -0.379 e. The number of nitrogens with two attached hydrogens (primary N) is 1. The molecule has 2 fully saturated rings. The van der Waals surface area contributed by atoms with Crippen molar-refractivity contribution in [3.8, 4) is 0 Å². The van der Waals surface area contributed by atoms with Crippen molar-refractivity contribution in [1.82, 2.24) is 14.9 Å². The molecule has 0 radical (unpaired) electrons. The van der Waals surface area contributed by atoms with Crippen LogP contribution in [0.15, 0.2) is 18.7 Å². The zero-order chi connectivity index (χ0) is 13.1. The van der Waals surface area contributed by atoms with Gasteiger partial charge in [0.15, 0.2) is 0 Å². The molecule has 0 aromatic carbocycles. The standard InChI is InChI=1S/C14H22N4O/c15-13(12-9-16-11-17-10-12)14(3-1-2-4-14)18-5-7-19-8-6-18/h9-11,13H,1-8,15H2. The molecular formula is C14H22N4O. The van der Waals surface area contributed by atoms with E-state index in [2.05, 4.69) is 14.9 Å². The van der Waals surface area contributed by atoms with Gasteiger partial charge in [0.05, 0.1) is 19.3 Å². The van der Waals surface area contributed by atoms with Crippen LogP contribution in [0.1, 0.15) is 37.3 Å². The number of aromatic nitrogens is 2. The molecule has 0 bridgehead atoms. The van der Waals surface area contributed by atoms with Gasteiger partial charge in [-0.15, -0.1) is 0 Å². The first-order valence-electron chi connectivity index (χ1n) is 7.16. The Labute approximate surface area is 114 Å². The first-order chi connectivity index (χ1) is 9.33.